The predicted octanol–water partition coefficient (Wildman–Crippen LogP) is 0.824. The molecular formula is C16H24N6O3. The van der Waals surface area contributed by atoms with E-state index in [1.54, 1.807) is 6.33 Å². The van der Waals surface area contributed by atoms with Crippen molar-refractivity contribution in [2.24, 2.45) is 0 Å². The maximum Gasteiger partial charge on any atom is 0.167 e. The smallest absolute Gasteiger partial charge is 0.167 e. The third-order valence-electron chi connectivity index (χ3n) is 4.51. The number of nitrogen functional groups attached to an aromatic ring is 1. The highest BCUT2D eigenvalue weighted by atomic mass is 16.8. The number of nitrogens with two attached hydrogens (primary N) is 1. The van der Waals surface area contributed by atoms with E-state index in [-0.39, 0.29) is 24.5 Å². The zero-order chi connectivity index (χ0) is 17.8. The lowest BCUT2D eigenvalue weighted by Gasteiger charge is -2.25. The molecule has 2 aliphatic heterocycles. The molecule has 3 unspecified atom stereocenters. The predicted molar refractivity (Wildman–Crippen MR) is 90.6 cm³/mol. The maximum atomic E-state index is 6.27. The topological polar surface area (TPSA) is 109 Å². The SMILES string of the molecule is CC(C)NCC1OC(n2cnc3c(N)ncnc32)[C@@H]2OC(C)(C)OC12. The number of fused-ring (bicyclic) bond motifs is 2. The van der Waals surface area contributed by atoms with Crippen LogP contribution in [-0.2, 0) is 14.2 Å². The Labute approximate surface area is 145 Å². The molecule has 3 N–H and O–H groups in total. The van der Waals surface area contributed by atoms with Gasteiger partial charge in [0.2, 0.25) is 0 Å². The Bertz CT molecular complexity index is 776. The fraction of sp³-hybridized carbons (Fsp3) is 0.688. The lowest BCUT2D eigenvalue weighted by molar-refractivity contribution is -0.195. The summed E-state index contributed by atoms with van der Waals surface area (Å²) < 4.78 is 20.4. The first kappa shape index (κ1) is 16.6. The summed E-state index contributed by atoms with van der Waals surface area (Å²) in [4.78, 5) is 12.6. The van der Waals surface area contributed by atoms with Crippen LogP contribution in [0.25, 0.3) is 11.2 Å². The molecule has 4 atom stereocenters. The Morgan fingerprint density at radius 1 is 1.24 bits per heavy atom. The van der Waals surface area contributed by atoms with E-state index in [2.05, 4.69) is 34.1 Å². The quantitative estimate of drug-likeness (QED) is 0.836. The summed E-state index contributed by atoms with van der Waals surface area (Å²) in [5.74, 6) is -0.307. The van der Waals surface area contributed by atoms with E-state index in [1.807, 2.05) is 18.4 Å². The number of aromatic nitrogens is 4. The first-order valence-corrected chi connectivity index (χ1v) is 8.53. The molecule has 2 fully saturated rings. The number of hydrogen-bond acceptors (Lipinski definition) is 8. The van der Waals surface area contributed by atoms with Gasteiger partial charge < -0.3 is 25.3 Å². The molecule has 4 rings (SSSR count). The molecule has 2 aromatic rings. The van der Waals surface area contributed by atoms with Gasteiger partial charge in [0.25, 0.3) is 0 Å². The lowest BCUT2D eigenvalue weighted by Crippen LogP contribution is -2.39. The minimum absolute atomic E-state index is 0.129. The highest BCUT2D eigenvalue weighted by molar-refractivity contribution is 5.81. The minimum atomic E-state index is -0.655. The van der Waals surface area contributed by atoms with Crippen molar-refractivity contribution in [1.29, 1.82) is 0 Å². The van der Waals surface area contributed by atoms with Crippen molar-refractivity contribution in [3.05, 3.63) is 12.7 Å². The van der Waals surface area contributed by atoms with Crippen LogP contribution in [0.15, 0.2) is 12.7 Å². The normalized spacial score (nSPS) is 31.1. The van der Waals surface area contributed by atoms with Gasteiger partial charge in [0, 0.05) is 12.6 Å². The van der Waals surface area contributed by atoms with Gasteiger partial charge in [-0.05, 0) is 13.8 Å². The molecular weight excluding hydrogens is 324 g/mol. The van der Waals surface area contributed by atoms with Crippen molar-refractivity contribution in [3.8, 4) is 0 Å². The van der Waals surface area contributed by atoms with Crippen molar-refractivity contribution in [2.75, 3.05) is 12.3 Å². The zero-order valence-electron chi connectivity index (χ0n) is 14.8. The first-order chi connectivity index (χ1) is 11.9. The van der Waals surface area contributed by atoms with Crippen molar-refractivity contribution < 1.29 is 14.2 Å². The molecule has 0 spiro atoms. The van der Waals surface area contributed by atoms with E-state index < -0.39 is 5.79 Å². The average molecular weight is 348 g/mol. The van der Waals surface area contributed by atoms with Crippen molar-refractivity contribution >= 4 is 17.0 Å². The summed E-state index contributed by atoms with van der Waals surface area (Å²) in [7, 11) is 0. The van der Waals surface area contributed by atoms with Crippen LogP contribution in [0.3, 0.4) is 0 Å². The van der Waals surface area contributed by atoms with E-state index in [0.29, 0.717) is 29.6 Å². The molecule has 0 aromatic carbocycles. The monoisotopic (exact) mass is 348 g/mol. The van der Waals surface area contributed by atoms with Crippen LogP contribution in [-0.4, -0.2) is 56.2 Å². The van der Waals surface area contributed by atoms with Crippen molar-refractivity contribution in [2.45, 2.75) is 64.1 Å². The second kappa shape index (κ2) is 5.87. The van der Waals surface area contributed by atoms with Crippen LogP contribution in [0.1, 0.15) is 33.9 Å². The summed E-state index contributed by atoms with van der Waals surface area (Å²) in [6.07, 6.45) is 2.17. The van der Waals surface area contributed by atoms with Crippen LogP contribution in [0, 0.1) is 0 Å². The average Bonchev–Trinajstić information content (AvgIpc) is 3.17. The number of imidazole rings is 1. The zero-order valence-corrected chi connectivity index (χ0v) is 14.8. The molecule has 0 radical (unpaired) electrons. The number of nitrogens with zero attached hydrogens (tertiary/aromatic N) is 4. The number of hydrogen-bond donors (Lipinski definition) is 2. The van der Waals surface area contributed by atoms with Gasteiger partial charge in [-0.3, -0.25) is 4.57 Å². The Balaban J connectivity index is 1.67. The number of rotatable bonds is 4. The minimum Gasteiger partial charge on any atom is -0.382 e. The fourth-order valence-electron chi connectivity index (χ4n) is 3.46. The van der Waals surface area contributed by atoms with Gasteiger partial charge in [0.1, 0.15) is 30.2 Å². The summed E-state index contributed by atoms with van der Waals surface area (Å²) in [5.41, 5.74) is 7.08. The van der Waals surface area contributed by atoms with Gasteiger partial charge in [-0.2, -0.15) is 0 Å². The number of ether oxygens (including phenoxy) is 3. The molecule has 0 bridgehead atoms. The third kappa shape index (κ3) is 2.86. The standard InChI is InChI=1S/C16H24N6O3/c1-8(2)18-5-9-11-12(25-16(3,4)24-11)15(23-9)22-7-21-10-13(17)19-6-20-14(10)22/h6-9,11-12,15,18H,5H2,1-4H3,(H2,17,19,20)/t9?,11?,12-,15?/m1/s1. The summed E-state index contributed by atoms with van der Waals surface area (Å²) in [5, 5.41) is 3.41. The van der Waals surface area contributed by atoms with Gasteiger partial charge in [-0.1, -0.05) is 13.8 Å². The molecule has 0 amide bonds. The Morgan fingerprint density at radius 2 is 2.00 bits per heavy atom. The Morgan fingerprint density at radius 3 is 2.76 bits per heavy atom. The molecule has 0 saturated carbocycles. The van der Waals surface area contributed by atoms with Gasteiger partial charge in [0.15, 0.2) is 23.5 Å². The first-order valence-electron chi connectivity index (χ1n) is 8.53. The van der Waals surface area contributed by atoms with Crippen LogP contribution < -0.4 is 11.1 Å². The largest absolute Gasteiger partial charge is 0.382 e. The van der Waals surface area contributed by atoms with Crippen LogP contribution in [0.4, 0.5) is 5.82 Å². The molecule has 136 valence electrons. The van der Waals surface area contributed by atoms with E-state index in [1.165, 1.54) is 6.33 Å². The number of nitrogens with one attached hydrogen (secondary N) is 1. The second-order valence-electron chi connectivity index (χ2n) is 7.28. The summed E-state index contributed by atoms with van der Waals surface area (Å²) in [6.45, 7) is 8.72. The van der Waals surface area contributed by atoms with E-state index in [9.17, 15) is 0 Å². The van der Waals surface area contributed by atoms with Gasteiger partial charge in [-0.15, -0.1) is 0 Å². The molecule has 2 saturated heterocycles. The lowest BCUT2D eigenvalue weighted by atomic mass is 10.1. The number of anilines is 1. The molecule has 2 aliphatic rings. The van der Waals surface area contributed by atoms with Crippen LogP contribution in [0.2, 0.25) is 0 Å². The van der Waals surface area contributed by atoms with Crippen LogP contribution in [0.5, 0.6) is 0 Å². The molecule has 0 aliphatic carbocycles. The molecule has 25 heavy (non-hydrogen) atoms. The fourth-order valence-corrected chi connectivity index (χ4v) is 3.46. The molecule has 9 heteroatoms. The highest BCUT2D eigenvalue weighted by Crippen LogP contribution is 2.43. The van der Waals surface area contributed by atoms with Gasteiger partial charge in [-0.25, -0.2) is 15.0 Å². The molecule has 4 heterocycles. The van der Waals surface area contributed by atoms with E-state index in [4.69, 9.17) is 19.9 Å². The van der Waals surface area contributed by atoms with Crippen LogP contribution >= 0.6 is 0 Å². The highest BCUT2D eigenvalue weighted by Gasteiger charge is 2.55. The summed E-state index contributed by atoms with van der Waals surface area (Å²) >= 11 is 0. The van der Waals surface area contributed by atoms with E-state index in [0.717, 1.165) is 0 Å². The Kier molecular flexibility index (Phi) is 3.91. The van der Waals surface area contributed by atoms with Crippen molar-refractivity contribution in [1.82, 2.24) is 24.8 Å². The van der Waals surface area contributed by atoms with Crippen molar-refractivity contribution in [3.63, 3.8) is 0 Å². The van der Waals surface area contributed by atoms with Gasteiger partial charge in [0.05, 0.1) is 6.33 Å². The summed E-state index contributed by atoms with van der Waals surface area (Å²) in [6, 6.07) is 0.359. The molecule has 2 aromatic heterocycles. The second-order valence-corrected chi connectivity index (χ2v) is 7.28. The van der Waals surface area contributed by atoms with Gasteiger partial charge >= 0.3 is 0 Å². The third-order valence-corrected chi connectivity index (χ3v) is 4.51. The maximum absolute atomic E-state index is 6.27. The molecule has 9 nitrogen and oxygen atoms in total. The van der Waals surface area contributed by atoms with E-state index >= 15 is 0 Å². The Hall–Kier alpha value is -1.81.